The fourth-order valence-electron chi connectivity index (χ4n) is 2.70. The van der Waals surface area contributed by atoms with Crippen LogP contribution in [0.15, 0.2) is 23.0 Å². The molecule has 0 spiro atoms. The zero-order chi connectivity index (χ0) is 14.1. The summed E-state index contributed by atoms with van der Waals surface area (Å²) in [6, 6.07) is 5.39. The van der Waals surface area contributed by atoms with Crippen LogP contribution in [0.2, 0.25) is 5.28 Å². The number of ether oxygens (including phenoxy) is 1. The Labute approximate surface area is 121 Å². The maximum atomic E-state index is 12.7. The number of methoxy groups -OCH3 is 1. The summed E-state index contributed by atoms with van der Waals surface area (Å²) in [5.74, 6) is 0.565. The van der Waals surface area contributed by atoms with Gasteiger partial charge in [-0.15, -0.1) is 0 Å². The molecule has 20 heavy (non-hydrogen) atoms. The largest absolute Gasteiger partial charge is 0.494 e. The standard InChI is InChI=1S/C14H16ClN3O2/c1-20-11-6-2-5-10-12(11)17-14(15)18(13(10)19)9-4-3-7-16-8-9/h2,5-6,9,16H,3-4,7-8H2,1H3. The summed E-state index contributed by atoms with van der Waals surface area (Å²) in [4.78, 5) is 17.0. The highest BCUT2D eigenvalue weighted by Gasteiger charge is 2.21. The number of hydrogen-bond donors (Lipinski definition) is 1. The van der Waals surface area contributed by atoms with Crippen LogP contribution in [0.5, 0.6) is 5.75 Å². The number of halogens is 1. The first-order valence-electron chi connectivity index (χ1n) is 6.68. The van der Waals surface area contributed by atoms with Gasteiger partial charge in [0, 0.05) is 6.54 Å². The molecule has 1 aliphatic heterocycles. The molecule has 106 valence electrons. The third-order valence-corrected chi connectivity index (χ3v) is 3.97. The minimum absolute atomic E-state index is 0.0619. The topological polar surface area (TPSA) is 56.1 Å². The first-order chi connectivity index (χ1) is 9.72. The summed E-state index contributed by atoms with van der Waals surface area (Å²) in [5, 5.41) is 4.05. The molecule has 0 amide bonds. The van der Waals surface area contributed by atoms with Crippen molar-refractivity contribution in [2.24, 2.45) is 0 Å². The molecular weight excluding hydrogens is 278 g/mol. The second-order valence-electron chi connectivity index (χ2n) is 4.91. The minimum Gasteiger partial charge on any atom is -0.494 e. The van der Waals surface area contributed by atoms with Crippen molar-refractivity contribution in [3.63, 3.8) is 0 Å². The fraction of sp³-hybridized carbons (Fsp3) is 0.429. The van der Waals surface area contributed by atoms with Gasteiger partial charge in [0.05, 0.1) is 18.5 Å². The highest BCUT2D eigenvalue weighted by Crippen LogP contribution is 2.25. The molecule has 2 heterocycles. The van der Waals surface area contributed by atoms with Gasteiger partial charge in [0.2, 0.25) is 5.28 Å². The summed E-state index contributed by atoms with van der Waals surface area (Å²) in [7, 11) is 1.56. The van der Waals surface area contributed by atoms with E-state index < -0.39 is 0 Å². The second-order valence-corrected chi connectivity index (χ2v) is 5.25. The lowest BCUT2D eigenvalue weighted by molar-refractivity contribution is 0.363. The molecule has 1 fully saturated rings. The van der Waals surface area contributed by atoms with Gasteiger partial charge in [0.15, 0.2) is 0 Å². The molecule has 6 heteroatoms. The summed E-state index contributed by atoms with van der Waals surface area (Å²) in [6.45, 7) is 1.73. The van der Waals surface area contributed by atoms with E-state index in [1.165, 1.54) is 0 Å². The van der Waals surface area contributed by atoms with Crippen LogP contribution in [-0.4, -0.2) is 29.8 Å². The molecule has 0 saturated carbocycles. The van der Waals surface area contributed by atoms with Crippen LogP contribution in [0, 0.1) is 0 Å². The van der Waals surface area contributed by atoms with Crippen LogP contribution in [0.25, 0.3) is 10.9 Å². The van der Waals surface area contributed by atoms with Crippen molar-refractivity contribution in [3.8, 4) is 5.75 Å². The Hall–Kier alpha value is -1.59. The van der Waals surface area contributed by atoms with Gasteiger partial charge in [-0.25, -0.2) is 4.98 Å². The number of nitrogens with one attached hydrogen (secondary N) is 1. The molecule has 1 atom stereocenters. The van der Waals surface area contributed by atoms with E-state index in [2.05, 4.69) is 10.3 Å². The molecule has 3 rings (SSSR count). The van der Waals surface area contributed by atoms with Gasteiger partial charge in [-0.3, -0.25) is 9.36 Å². The van der Waals surface area contributed by atoms with E-state index in [9.17, 15) is 4.79 Å². The van der Waals surface area contributed by atoms with Gasteiger partial charge >= 0.3 is 0 Å². The van der Waals surface area contributed by atoms with Gasteiger partial charge in [-0.1, -0.05) is 6.07 Å². The Balaban J connectivity index is 2.21. The molecule has 0 radical (unpaired) electrons. The molecule has 1 N–H and O–H groups in total. The van der Waals surface area contributed by atoms with E-state index in [0.717, 1.165) is 25.9 Å². The molecule has 1 saturated heterocycles. The average molecular weight is 294 g/mol. The predicted molar refractivity (Wildman–Crippen MR) is 78.7 cm³/mol. The zero-order valence-electron chi connectivity index (χ0n) is 11.2. The average Bonchev–Trinajstić information content (AvgIpc) is 2.48. The van der Waals surface area contributed by atoms with Crippen molar-refractivity contribution in [1.82, 2.24) is 14.9 Å². The van der Waals surface area contributed by atoms with Crippen LogP contribution in [0.4, 0.5) is 0 Å². The van der Waals surface area contributed by atoms with E-state index in [1.807, 2.05) is 0 Å². The third kappa shape index (κ3) is 2.17. The van der Waals surface area contributed by atoms with Gasteiger partial charge in [-0.05, 0) is 43.1 Å². The van der Waals surface area contributed by atoms with Crippen molar-refractivity contribution in [2.75, 3.05) is 20.2 Å². The number of fused-ring (bicyclic) bond motifs is 1. The molecule has 1 aromatic carbocycles. The van der Waals surface area contributed by atoms with Crippen LogP contribution < -0.4 is 15.6 Å². The summed E-state index contributed by atoms with van der Waals surface area (Å²) in [5.41, 5.74) is 0.414. The van der Waals surface area contributed by atoms with Gasteiger partial charge in [-0.2, -0.15) is 0 Å². The monoisotopic (exact) mass is 293 g/mol. The predicted octanol–water partition coefficient (Wildman–Crippen LogP) is 1.98. The maximum absolute atomic E-state index is 12.7. The normalized spacial score (nSPS) is 19.2. The van der Waals surface area contributed by atoms with Crippen LogP contribution in [0.3, 0.4) is 0 Å². The van der Waals surface area contributed by atoms with Crippen LogP contribution in [-0.2, 0) is 0 Å². The second kappa shape index (κ2) is 5.42. The number of rotatable bonds is 2. The lowest BCUT2D eigenvalue weighted by Gasteiger charge is -2.25. The zero-order valence-corrected chi connectivity index (χ0v) is 12.0. The molecule has 1 unspecified atom stereocenters. The molecule has 0 bridgehead atoms. The van der Waals surface area contributed by atoms with Gasteiger partial charge < -0.3 is 10.1 Å². The Morgan fingerprint density at radius 3 is 3.05 bits per heavy atom. The minimum atomic E-state index is -0.104. The first kappa shape index (κ1) is 13.4. The van der Waals surface area contributed by atoms with Gasteiger partial charge in [0.25, 0.3) is 5.56 Å². The van der Waals surface area contributed by atoms with E-state index in [1.54, 1.807) is 29.9 Å². The Bertz CT molecular complexity index is 693. The third-order valence-electron chi connectivity index (χ3n) is 3.71. The summed E-state index contributed by atoms with van der Waals surface area (Å²) < 4.78 is 6.83. The van der Waals surface area contributed by atoms with Gasteiger partial charge in [0.1, 0.15) is 11.3 Å². The molecular formula is C14H16ClN3O2. The highest BCUT2D eigenvalue weighted by atomic mass is 35.5. The van der Waals surface area contributed by atoms with Crippen LogP contribution in [0.1, 0.15) is 18.9 Å². The Kier molecular flexibility index (Phi) is 3.63. The van der Waals surface area contributed by atoms with E-state index >= 15 is 0 Å². The first-order valence-corrected chi connectivity index (χ1v) is 7.05. The molecule has 1 aromatic heterocycles. The number of aromatic nitrogens is 2. The number of piperidine rings is 1. The Morgan fingerprint density at radius 2 is 2.35 bits per heavy atom. The van der Waals surface area contributed by atoms with Crippen molar-refractivity contribution in [2.45, 2.75) is 18.9 Å². The number of para-hydroxylation sites is 1. The summed E-state index contributed by atoms with van der Waals surface area (Å²) >= 11 is 6.24. The quantitative estimate of drug-likeness (QED) is 0.860. The van der Waals surface area contributed by atoms with Crippen molar-refractivity contribution in [3.05, 3.63) is 33.8 Å². The fourth-order valence-corrected chi connectivity index (χ4v) is 3.00. The highest BCUT2D eigenvalue weighted by molar-refractivity contribution is 6.28. The van der Waals surface area contributed by atoms with E-state index in [4.69, 9.17) is 16.3 Å². The molecule has 0 aliphatic carbocycles. The van der Waals surface area contributed by atoms with E-state index in [-0.39, 0.29) is 16.9 Å². The number of hydrogen-bond acceptors (Lipinski definition) is 4. The lowest BCUT2D eigenvalue weighted by Crippen LogP contribution is -2.37. The molecule has 1 aliphatic rings. The van der Waals surface area contributed by atoms with Crippen molar-refractivity contribution < 1.29 is 4.74 Å². The van der Waals surface area contributed by atoms with E-state index in [0.29, 0.717) is 16.7 Å². The number of benzene rings is 1. The van der Waals surface area contributed by atoms with Crippen LogP contribution >= 0.6 is 11.6 Å². The van der Waals surface area contributed by atoms with Crippen molar-refractivity contribution >= 4 is 22.5 Å². The number of nitrogens with zero attached hydrogens (tertiary/aromatic N) is 2. The smallest absolute Gasteiger partial charge is 0.262 e. The maximum Gasteiger partial charge on any atom is 0.262 e. The Morgan fingerprint density at radius 1 is 1.50 bits per heavy atom. The lowest BCUT2D eigenvalue weighted by atomic mass is 10.1. The van der Waals surface area contributed by atoms with Crippen molar-refractivity contribution in [1.29, 1.82) is 0 Å². The summed E-state index contributed by atoms with van der Waals surface area (Å²) in [6.07, 6.45) is 1.97. The SMILES string of the molecule is COc1cccc2c(=O)n(C3CCCNC3)c(Cl)nc12. The molecule has 5 nitrogen and oxygen atoms in total. The molecule has 2 aromatic rings.